The van der Waals surface area contributed by atoms with Gasteiger partial charge in [0.1, 0.15) is 0 Å². The molecule has 6 nitrogen and oxygen atoms in total. The quantitative estimate of drug-likeness (QED) is 0.909. The Hall–Kier alpha value is -2.12. The third kappa shape index (κ3) is 3.68. The van der Waals surface area contributed by atoms with Gasteiger partial charge in [-0.05, 0) is 31.2 Å². The first-order valence-electron chi connectivity index (χ1n) is 7.92. The average Bonchev–Trinajstić information content (AvgIpc) is 2.86. The molecule has 24 heavy (non-hydrogen) atoms. The lowest BCUT2D eigenvalue weighted by Crippen LogP contribution is -2.34. The molecule has 0 radical (unpaired) electrons. The molecule has 0 spiro atoms. The zero-order valence-electron chi connectivity index (χ0n) is 13.3. The van der Waals surface area contributed by atoms with E-state index >= 15 is 0 Å². The molecular formula is C17H20N2O4S. The number of carbonyl (C=O) groups is 1. The molecule has 0 aliphatic carbocycles. The number of benzene rings is 1. The summed E-state index contributed by atoms with van der Waals surface area (Å²) in [4.78, 5) is 14.6. The second-order valence-electron chi connectivity index (χ2n) is 5.74. The molecule has 1 aromatic heterocycles. The Morgan fingerprint density at radius 1 is 1.12 bits per heavy atom. The fourth-order valence-corrected chi connectivity index (χ4v) is 4.12. The Bertz CT molecular complexity index is 791. The molecule has 0 atom stereocenters. The van der Waals surface area contributed by atoms with Gasteiger partial charge in [0.05, 0.1) is 16.9 Å². The van der Waals surface area contributed by atoms with Crippen LogP contribution in [-0.4, -0.2) is 45.4 Å². The SMILES string of the molecule is O=C(c1occc1CS(=O)(=O)c1ccccc1)N1CCCNCC1. The van der Waals surface area contributed by atoms with Crippen molar-refractivity contribution in [3.8, 4) is 0 Å². The van der Waals surface area contributed by atoms with Gasteiger partial charge in [-0.15, -0.1) is 0 Å². The number of nitrogens with zero attached hydrogens (tertiary/aromatic N) is 1. The van der Waals surface area contributed by atoms with Crippen molar-refractivity contribution in [2.45, 2.75) is 17.1 Å². The largest absolute Gasteiger partial charge is 0.459 e. The summed E-state index contributed by atoms with van der Waals surface area (Å²) in [6.07, 6.45) is 2.24. The molecule has 0 unspecified atom stereocenters. The third-order valence-electron chi connectivity index (χ3n) is 4.02. The maximum Gasteiger partial charge on any atom is 0.289 e. The molecule has 2 aromatic rings. The van der Waals surface area contributed by atoms with Crippen LogP contribution in [0, 0.1) is 0 Å². The summed E-state index contributed by atoms with van der Waals surface area (Å²) in [6, 6.07) is 9.79. The first-order valence-corrected chi connectivity index (χ1v) is 9.57. The Morgan fingerprint density at radius 2 is 1.92 bits per heavy atom. The fraction of sp³-hybridized carbons (Fsp3) is 0.353. The van der Waals surface area contributed by atoms with Gasteiger partial charge >= 0.3 is 0 Å². The number of furan rings is 1. The molecule has 1 fully saturated rings. The Labute approximate surface area is 141 Å². The van der Waals surface area contributed by atoms with Gasteiger partial charge in [-0.25, -0.2) is 8.42 Å². The van der Waals surface area contributed by atoms with E-state index in [1.165, 1.54) is 6.26 Å². The number of hydrogen-bond donors (Lipinski definition) is 1. The number of carbonyl (C=O) groups excluding carboxylic acids is 1. The van der Waals surface area contributed by atoms with Gasteiger partial charge in [-0.1, -0.05) is 18.2 Å². The summed E-state index contributed by atoms with van der Waals surface area (Å²) in [7, 11) is -3.52. The van der Waals surface area contributed by atoms with Crippen molar-refractivity contribution in [1.82, 2.24) is 10.2 Å². The van der Waals surface area contributed by atoms with E-state index in [9.17, 15) is 13.2 Å². The smallest absolute Gasteiger partial charge is 0.289 e. The molecular weight excluding hydrogens is 328 g/mol. The Balaban J connectivity index is 1.81. The van der Waals surface area contributed by atoms with Crippen LogP contribution in [0.5, 0.6) is 0 Å². The lowest BCUT2D eigenvalue weighted by molar-refractivity contribution is 0.0733. The number of rotatable bonds is 4. The molecule has 7 heteroatoms. The van der Waals surface area contributed by atoms with Crippen LogP contribution in [0.2, 0.25) is 0 Å². The molecule has 128 valence electrons. The molecule has 1 saturated heterocycles. The van der Waals surface area contributed by atoms with Crippen LogP contribution in [0.15, 0.2) is 52.0 Å². The molecule has 1 N–H and O–H groups in total. The van der Waals surface area contributed by atoms with Crippen LogP contribution in [0.25, 0.3) is 0 Å². The summed E-state index contributed by atoms with van der Waals surface area (Å²) in [5.41, 5.74) is 0.404. The third-order valence-corrected chi connectivity index (χ3v) is 5.70. The molecule has 1 aliphatic rings. The topological polar surface area (TPSA) is 79.6 Å². The number of nitrogens with one attached hydrogen (secondary N) is 1. The molecule has 1 aromatic carbocycles. The van der Waals surface area contributed by atoms with Crippen LogP contribution in [0.1, 0.15) is 22.5 Å². The Kier molecular flexibility index (Phi) is 5.01. The molecule has 0 bridgehead atoms. The summed E-state index contributed by atoms with van der Waals surface area (Å²) in [5.74, 6) is -0.376. The first kappa shape index (κ1) is 16.7. The zero-order chi connectivity index (χ0) is 17.0. The average molecular weight is 348 g/mol. The van der Waals surface area contributed by atoms with Crippen molar-refractivity contribution in [2.24, 2.45) is 0 Å². The zero-order valence-corrected chi connectivity index (χ0v) is 14.1. The van der Waals surface area contributed by atoms with Gasteiger partial charge in [0.2, 0.25) is 0 Å². The van der Waals surface area contributed by atoms with Crippen molar-refractivity contribution < 1.29 is 17.6 Å². The van der Waals surface area contributed by atoms with E-state index in [4.69, 9.17) is 4.42 Å². The van der Waals surface area contributed by atoms with E-state index in [0.29, 0.717) is 18.7 Å². The van der Waals surface area contributed by atoms with Gasteiger partial charge in [0, 0.05) is 25.2 Å². The highest BCUT2D eigenvalue weighted by molar-refractivity contribution is 7.90. The minimum Gasteiger partial charge on any atom is -0.459 e. The van der Waals surface area contributed by atoms with E-state index in [2.05, 4.69) is 5.32 Å². The van der Waals surface area contributed by atoms with Crippen molar-refractivity contribution in [1.29, 1.82) is 0 Å². The van der Waals surface area contributed by atoms with Crippen molar-refractivity contribution in [3.63, 3.8) is 0 Å². The van der Waals surface area contributed by atoms with E-state index in [0.717, 1.165) is 19.5 Å². The van der Waals surface area contributed by atoms with Crippen molar-refractivity contribution >= 4 is 15.7 Å². The predicted octanol–water partition coefficient (Wildman–Crippen LogP) is 1.69. The fourth-order valence-electron chi connectivity index (χ4n) is 2.75. The molecule has 3 rings (SSSR count). The summed E-state index contributed by atoms with van der Waals surface area (Å²) in [5, 5.41) is 3.23. The van der Waals surface area contributed by atoms with Crippen molar-refractivity contribution in [2.75, 3.05) is 26.2 Å². The lowest BCUT2D eigenvalue weighted by atomic mass is 10.2. The highest BCUT2D eigenvalue weighted by Gasteiger charge is 2.26. The van der Waals surface area contributed by atoms with Gasteiger partial charge in [0.15, 0.2) is 15.6 Å². The minimum absolute atomic E-state index is 0.122. The number of hydrogen-bond acceptors (Lipinski definition) is 5. The van der Waals surface area contributed by atoms with Crippen LogP contribution in [0.3, 0.4) is 0 Å². The van der Waals surface area contributed by atoms with Crippen LogP contribution in [0.4, 0.5) is 0 Å². The number of amides is 1. The molecule has 0 saturated carbocycles. The lowest BCUT2D eigenvalue weighted by Gasteiger charge is -2.19. The summed E-state index contributed by atoms with van der Waals surface area (Å²) >= 11 is 0. The molecule has 1 amide bonds. The molecule has 2 heterocycles. The van der Waals surface area contributed by atoms with E-state index in [1.54, 1.807) is 41.3 Å². The maximum absolute atomic E-state index is 12.7. The predicted molar refractivity (Wildman–Crippen MR) is 89.4 cm³/mol. The first-order chi connectivity index (χ1) is 11.6. The second kappa shape index (κ2) is 7.19. The monoisotopic (exact) mass is 348 g/mol. The van der Waals surface area contributed by atoms with E-state index < -0.39 is 9.84 Å². The van der Waals surface area contributed by atoms with E-state index in [1.807, 2.05) is 0 Å². The standard InChI is InChI=1S/C17H20N2O4S/c20-17(19-10-4-8-18-9-11-19)16-14(7-12-23-16)13-24(21,22)15-5-2-1-3-6-15/h1-3,5-7,12,18H,4,8-11,13H2. The van der Waals surface area contributed by atoms with Gasteiger partial charge in [-0.3, -0.25) is 4.79 Å². The highest BCUT2D eigenvalue weighted by atomic mass is 32.2. The van der Waals surface area contributed by atoms with Crippen molar-refractivity contribution in [3.05, 3.63) is 54.0 Å². The van der Waals surface area contributed by atoms with Gasteiger partial charge < -0.3 is 14.6 Å². The normalized spacial score (nSPS) is 15.9. The second-order valence-corrected chi connectivity index (χ2v) is 7.73. The Morgan fingerprint density at radius 3 is 2.71 bits per heavy atom. The van der Waals surface area contributed by atoms with E-state index in [-0.39, 0.29) is 22.3 Å². The number of sulfone groups is 1. The molecule has 1 aliphatic heterocycles. The van der Waals surface area contributed by atoms with Gasteiger partial charge in [0.25, 0.3) is 5.91 Å². The maximum atomic E-state index is 12.7. The van der Waals surface area contributed by atoms with Crippen LogP contribution < -0.4 is 5.32 Å². The summed E-state index contributed by atoms with van der Waals surface area (Å²) < 4.78 is 30.4. The van der Waals surface area contributed by atoms with Crippen LogP contribution >= 0.6 is 0 Å². The van der Waals surface area contributed by atoms with Gasteiger partial charge in [-0.2, -0.15) is 0 Å². The van der Waals surface area contributed by atoms with Crippen LogP contribution in [-0.2, 0) is 15.6 Å². The minimum atomic E-state index is -3.52. The highest BCUT2D eigenvalue weighted by Crippen LogP contribution is 2.21. The summed E-state index contributed by atoms with van der Waals surface area (Å²) in [6.45, 7) is 2.82.